The number of rotatable bonds is 8. The van der Waals surface area contributed by atoms with Crippen LogP contribution in [-0.2, 0) is 11.3 Å². The van der Waals surface area contributed by atoms with Crippen molar-refractivity contribution in [2.75, 3.05) is 24.4 Å². The van der Waals surface area contributed by atoms with Gasteiger partial charge in [-0.2, -0.15) is 0 Å². The summed E-state index contributed by atoms with van der Waals surface area (Å²) in [6, 6.07) is 18.8. The zero-order chi connectivity index (χ0) is 20.6. The molecule has 0 fully saturated rings. The lowest BCUT2D eigenvalue weighted by Gasteiger charge is -2.13. The molecule has 0 heterocycles. The van der Waals surface area contributed by atoms with Gasteiger partial charge in [0.15, 0.2) is 18.1 Å². The van der Waals surface area contributed by atoms with Gasteiger partial charge >= 0.3 is 0 Å². The third-order valence-corrected chi connectivity index (χ3v) is 4.33. The minimum Gasteiger partial charge on any atom is -0.493 e. The molecule has 29 heavy (non-hydrogen) atoms. The summed E-state index contributed by atoms with van der Waals surface area (Å²) < 4.78 is 24.5. The molecule has 150 valence electrons. The smallest absolute Gasteiger partial charge is 0.262 e. The number of para-hydroxylation sites is 1. The van der Waals surface area contributed by atoms with E-state index in [1.165, 1.54) is 19.2 Å². The molecule has 0 radical (unpaired) electrons. The van der Waals surface area contributed by atoms with Crippen LogP contribution in [0.5, 0.6) is 11.5 Å². The summed E-state index contributed by atoms with van der Waals surface area (Å²) in [6.45, 7) is 0.305. The van der Waals surface area contributed by atoms with E-state index in [1.54, 1.807) is 18.2 Å². The first kappa shape index (κ1) is 20.5. The number of anilines is 2. The molecule has 0 spiro atoms. The van der Waals surface area contributed by atoms with Crippen LogP contribution in [-0.4, -0.2) is 19.6 Å². The lowest BCUT2D eigenvalue weighted by molar-refractivity contribution is -0.118. The van der Waals surface area contributed by atoms with Gasteiger partial charge in [0.25, 0.3) is 5.91 Å². The summed E-state index contributed by atoms with van der Waals surface area (Å²) >= 11 is 5.89. The second-order valence-electron chi connectivity index (χ2n) is 6.16. The first-order valence-electron chi connectivity index (χ1n) is 8.88. The molecule has 0 bridgehead atoms. The summed E-state index contributed by atoms with van der Waals surface area (Å²) in [4.78, 5) is 12.0. The maximum absolute atomic E-state index is 13.6. The normalized spacial score (nSPS) is 10.3. The van der Waals surface area contributed by atoms with Crippen molar-refractivity contribution in [2.45, 2.75) is 6.54 Å². The Morgan fingerprint density at radius 1 is 1.03 bits per heavy atom. The van der Waals surface area contributed by atoms with Gasteiger partial charge in [-0.1, -0.05) is 29.8 Å². The van der Waals surface area contributed by atoms with Gasteiger partial charge in [0.05, 0.1) is 12.8 Å². The highest BCUT2D eigenvalue weighted by atomic mass is 35.5. The molecule has 2 N–H and O–H groups in total. The second kappa shape index (κ2) is 9.80. The molecular weight excluding hydrogens is 395 g/mol. The van der Waals surface area contributed by atoms with E-state index < -0.39 is 11.7 Å². The number of ether oxygens (including phenoxy) is 2. The molecule has 0 unspecified atom stereocenters. The second-order valence-corrected chi connectivity index (χ2v) is 6.60. The minimum absolute atomic E-state index is 0.108. The van der Waals surface area contributed by atoms with Crippen LogP contribution < -0.4 is 20.1 Å². The maximum Gasteiger partial charge on any atom is 0.262 e. The SMILES string of the molecule is COc1cc(CNc2ccc(Cl)cc2)ccc1OCC(=O)Nc1ccccc1F. The molecule has 0 aromatic heterocycles. The predicted molar refractivity (Wildman–Crippen MR) is 112 cm³/mol. The Hall–Kier alpha value is -3.25. The van der Waals surface area contributed by atoms with Gasteiger partial charge in [0, 0.05) is 17.3 Å². The van der Waals surface area contributed by atoms with E-state index in [9.17, 15) is 9.18 Å². The molecule has 0 aliphatic carbocycles. The van der Waals surface area contributed by atoms with Gasteiger partial charge in [-0.05, 0) is 54.1 Å². The van der Waals surface area contributed by atoms with Gasteiger partial charge in [-0.3, -0.25) is 4.79 Å². The van der Waals surface area contributed by atoms with Crippen molar-refractivity contribution in [2.24, 2.45) is 0 Å². The van der Waals surface area contributed by atoms with Crippen LogP contribution in [0.2, 0.25) is 5.02 Å². The molecule has 0 saturated carbocycles. The van der Waals surface area contributed by atoms with Gasteiger partial charge in [-0.15, -0.1) is 0 Å². The number of benzene rings is 3. The maximum atomic E-state index is 13.6. The molecule has 0 aliphatic heterocycles. The van der Waals surface area contributed by atoms with E-state index in [1.807, 2.05) is 36.4 Å². The number of carbonyl (C=O) groups is 1. The number of hydrogen-bond acceptors (Lipinski definition) is 4. The van der Waals surface area contributed by atoms with Crippen LogP contribution in [0.15, 0.2) is 66.7 Å². The Bertz CT molecular complexity index is 980. The third kappa shape index (κ3) is 5.86. The fourth-order valence-electron chi connectivity index (χ4n) is 2.61. The molecule has 7 heteroatoms. The number of nitrogens with one attached hydrogen (secondary N) is 2. The zero-order valence-electron chi connectivity index (χ0n) is 15.7. The van der Waals surface area contributed by atoms with Gasteiger partial charge in [0.1, 0.15) is 5.82 Å². The Labute approximate surface area is 173 Å². The van der Waals surface area contributed by atoms with Crippen molar-refractivity contribution in [3.8, 4) is 11.5 Å². The van der Waals surface area contributed by atoms with Crippen molar-refractivity contribution in [1.82, 2.24) is 0 Å². The predicted octanol–water partition coefficient (Wildman–Crippen LogP) is 5.12. The highest BCUT2D eigenvalue weighted by Gasteiger charge is 2.10. The van der Waals surface area contributed by atoms with E-state index in [0.29, 0.717) is 23.1 Å². The number of methoxy groups -OCH3 is 1. The van der Waals surface area contributed by atoms with Crippen LogP contribution in [0, 0.1) is 5.82 Å². The summed E-state index contributed by atoms with van der Waals surface area (Å²) in [7, 11) is 1.53. The Morgan fingerprint density at radius 2 is 1.79 bits per heavy atom. The van der Waals surface area contributed by atoms with Crippen LogP contribution in [0.1, 0.15) is 5.56 Å². The van der Waals surface area contributed by atoms with Crippen LogP contribution in [0.4, 0.5) is 15.8 Å². The highest BCUT2D eigenvalue weighted by Crippen LogP contribution is 2.28. The van der Waals surface area contributed by atoms with Crippen molar-refractivity contribution >= 4 is 28.9 Å². The summed E-state index contributed by atoms with van der Waals surface area (Å²) in [5.41, 5.74) is 2.02. The Morgan fingerprint density at radius 3 is 2.52 bits per heavy atom. The summed E-state index contributed by atoms with van der Waals surface area (Å²) in [6.07, 6.45) is 0. The lowest BCUT2D eigenvalue weighted by Crippen LogP contribution is -2.21. The molecular formula is C22H20ClFN2O3. The van der Waals surface area contributed by atoms with Gasteiger partial charge in [0.2, 0.25) is 0 Å². The molecule has 1 amide bonds. The van der Waals surface area contributed by atoms with Gasteiger partial charge < -0.3 is 20.1 Å². The fraction of sp³-hybridized carbons (Fsp3) is 0.136. The van der Waals surface area contributed by atoms with E-state index in [2.05, 4.69) is 10.6 Å². The largest absolute Gasteiger partial charge is 0.493 e. The topological polar surface area (TPSA) is 59.6 Å². The average Bonchev–Trinajstić information content (AvgIpc) is 2.73. The van der Waals surface area contributed by atoms with E-state index in [0.717, 1.165) is 11.3 Å². The van der Waals surface area contributed by atoms with Gasteiger partial charge in [-0.25, -0.2) is 4.39 Å². The van der Waals surface area contributed by atoms with Crippen molar-refractivity contribution in [3.05, 3.63) is 83.1 Å². The van der Waals surface area contributed by atoms with Crippen molar-refractivity contribution in [1.29, 1.82) is 0 Å². The van der Waals surface area contributed by atoms with Crippen molar-refractivity contribution < 1.29 is 18.7 Å². The molecule has 3 aromatic rings. The van der Waals surface area contributed by atoms with E-state index >= 15 is 0 Å². The first-order valence-corrected chi connectivity index (χ1v) is 9.26. The van der Waals surface area contributed by atoms with E-state index in [4.69, 9.17) is 21.1 Å². The molecule has 0 aliphatic rings. The van der Waals surface area contributed by atoms with E-state index in [-0.39, 0.29) is 12.3 Å². The van der Waals surface area contributed by atoms with Crippen LogP contribution >= 0.6 is 11.6 Å². The highest BCUT2D eigenvalue weighted by molar-refractivity contribution is 6.30. The molecule has 0 saturated heterocycles. The standard InChI is InChI=1S/C22H20ClFN2O3/c1-28-21-12-15(13-25-17-9-7-16(23)8-10-17)6-11-20(21)29-14-22(27)26-19-5-3-2-4-18(19)24/h2-12,25H,13-14H2,1H3,(H,26,27). The number of amides is 1. The molecule has 3 aromatic carbocycles. The zero-order valence-corrected chi connectivity index (χ0v) is 16.5. The third-order valence-electron chi connectivity index (χ3n) is 4.08. The monoisotopic (exact) mass is 414 g/mol. The number of carbonyl (C=O) groups excluding carboxylic acids is 1. The quantitative estimate of drug-likeness (QED) is 0.537. The minimum atomic E-state index is -0.504. The Kier molecular flexibility index (Phi) is 6.92. The lowest BCUT2D eigenvalue weighted by atomic mass is 10.2. The molecule has 3 rings (SSSR count). The molecule has 0 atom stereocenters. The number of hydrogen-bond donors (Lipinski definition) is 2. The Balaban J connectivity index is 1.57. The molecule has 5 nitrogen and oxygen atoms in total. The average molecular weight is 415 g/mol. The number of halogens is 2. The van der Waals surface area contributed by atoms with Crippen LogP contribution in [0.25, 0.3) is 0 Å². The van der Waals surface area contributed by atoms with Crippen LogP contribution in [0.3, 0.4) is 0 Å². The summed E-state index contributed by atoms with van der Waals surface area (Å²) in [5, 5.41) is 6.44. The fourth-order valence-corrected chi connectivity index (χ4v) is 2.73. The van der Waals surface area contributed by atoms with Crippen molar-refractivity contribution in [3.63, 3.8) is 0 Å². The first-order chi connectivity index (χ1) is 14.0. The summed E-state index contributed by atoms with van der Waals surface area (Å²) in [5.74, 6) is -0.0490.